The third-order valence-corrected chi connectivity index (χ3v) is 7.47. The molecule has 2 N–H and O–H groups in total. The molecule has 0 atom stereocenters. The average molecular weight is 546 g/mol. The summed E-state index contributed by atoms with van der Waals surface area (Å²) in [5.41, 5.74) is 4.42. The standard InChI is InChI=1S/C31H39N5O4/c1-22-12-18-27(19-13-22)40-29-23(2)34-36-31(29)33-30(35-36)25-14-16-26(17-15-25)32-20-38-21-39-28(37)11-7-6-10-24-8-4-3-5-9-24/h12-19,24,32H,3-11,20-21H2,1-2H3,(H,33,35). The summed E-state index contributed by atoms with van der Waals surface area (Å²) in [6.45, 7) is 4.13. The first-order chi connectivity index (χ1) is 19.5. The number of rotatable bonds is 13. The maximum Gasteiger partial charge on any atom is 0.307 e. The largest absolute Gasteiger partial charge is 0.451 e. The molecule has 2 aromatic heterocycles. The molecule has 1 saturated carbocycles. The first-order valence-electron chi connectivity index (χ1n) is 14.3. The van der Waals surface area contributed by atoms with Crippen molar-refractivity contribution in [2.75, 3.05) is 18.8 Å². The molecule has 0 radical (unpaired) electrons. The summed E-state index contributed by atoms with van der Waals surface area (Å²) >= 11 is 0. The van der Waals surface area contributed by atoms with Crippen molar-refractivity contribution in [3.63, 3.8) is 0 Å². The van der Waals surface area contributed by atoms with Gasteiger partial charge in [-0.2, -0.15) is 0 Å². The molecule has 5 rings (SSSR count). The molecule has 40 heavy (non-hydrogen) atoms. The molecule has 0 aliphatic heterocycles. The number of aromatic nitrogens is 4. The lowest BCUT2D eigenvalue weighted by atomic mass is 9.86. The van der Waals surface area contributed by atoms with E-state index in [4.69, 9.17) is 14.2 Å². The molecule has 212 valence electrons. The Hall–Kier alpha value is -3.85. The van der Waals surface area contributed by atoms with Crippen LogP contribution in [0.5, 0.6) is 11.5 Å². The van der Waals surface area contributed by atoms with E-state index in [9.17, 15) is 4.79 Å². The molecule has 0 spiro atoms. The molecule has 1 aliphatic carbocycles. The SMILES string of the molecule is Cc1ccc(Oc2c(C)nn3nc(-c4ccc(NCOCOC(=O)CCCCC5CCCCC5)cc4)[nH]c23)cc1. The van der Waals surface area contributed by atoms with Crippen LogP contribution < -0.4 is 10.1 Å². The second kappa shape index (κ2) is 13.5. The summed E-state index contributed by atoms with van der Waals surface area (Å²) in [5.74, 6) is 2.75. The number of benzene rings is 2. The summed E-state index contributed by atoms with van der Waals surface area (Å²) < 4.78 is 18.3. The van der Waals surface area contributed by atoms with Gasteiger partial charge in [-0.1, -0.05) is 62.6 Å². The highest BCUT2D eigenvalue weighted by molar-refractivity contribution is 5.69. The lowest BCUT2D eigenvalue weighted by Gasteiger charge is -2.21. The van der Waals surface area contributed by atoms with Gasteiger partial charge in [0.25, 0.3) is 0 Å². The number of ether oxygens (including phenoxy) is 3. The molecular weight excluding hydrogens is 506 g/mol. The Labute approximate surface area is 235 Å². The number of aromatic amines is 1. The number of aryl methyl sites for hydroxylation is 2. The number of nitrogens with zero attached hydrogens (tertiary/aromatic N) is 3. The number of esters is 1. The average Bonchev–Trinajstić information content (AvgIpc) is 3.51. The zero-order valence-corrected chi connectivity index (χ0v) is 23.4. The third-order valence-electron chi connectivity index (χ3n) is 7.47. The monoisotopic (exact) mass is 545 g/mol. The molecule has 4 aromatic rings. The highest BCUT2D eigenvalue weighted by Crippen LogP contribution is 2.31. The predicted octanol–water partition coefficient (Wildman–Crippen LogP) is 7.16. The van der Waals surface area contributed by atoms with Gasteiger partial charge in [-0.25, -0.2) is 0 Å². The van der Waals surface area contributed by atoms with Crippen molar-refractivity contribution in [3.05, 3.63) is 59.8 Å². The highest BCUT2D eigenvalue weighted by Gasteiger charge is 2.17. The minimum absolute atomic E-state index is 0.0505. The van der Waals surface area contributed by atoms with E-state index in [1.54, 1.807) is 4.63 Å². The van der Waals surface area contributed by atoms with E-state index in [1.165, 1.54) is 44.1 Å². The Morgan fingerprint density at radius 2 is 1.77 bits per heavy atom. The van der Waals surface area contributed by atoms with E-state index in [1.807, 2.05) is 62.4 Å². The van der Waals surface area contributed by atoms with Gasteiger partial charge in [0.05, 0.1) is 0 Å². The molecule has 0 amide bonds. The van der Waals surface area contributed by atoms with E-state index in [2.05, 4.69) is 20.5 Å². The Morgan fingerprint density at radius 1 is 1.00 bits per heavy atom. The Bertz CT molecular complexity index is 1370. The van der Waals surface area contributed by atoms with Gasteiger partial charge in [-0.15, -0.1) is 14.8 Å². The number of fused-ring (bicyclic) bond motifs is 1. The second-order valence-corrected chi connectivity index (χ2v) is 10.6. The van der Waals surface area contributed by atoms with E-state index in [0.717, 1.165) is 41.5 Å². The maximum absolute atomic E-state index is 11.9. The van der Waals surface area contributed by atoms with Crippen LogP contribution in [0.4, 0.5) is 5.69 Å². The Balaban J connectivity index is 1.03. The van der Waals surface area contributed by atoms with Crippen molar-refractivity contribution in [1.29, 1.82) is 0 Å². The molecule has 0 unspecified atom stereocenters. The maximum atomic E-state index is 11.9. The number of carbonyl (C=O) groups is 1. The van der Waals surface area contributed by atoms with Crippen LogP contribution in [0.15, 0.2) is 48.5 Å². The zero-order valence-electron chi connectivity index (χ0n) is 23.4. The van der Waals surface area contributed by atoms with Gasteiger partial charge in [-0.3, -0.25) is 4.79 Å². The van der Waals surface area contributed by atoms with Gasteiger partial charge >= 0.3 is 5.97 Å². The van der Waals surface area contributed by atoms with Gasteiger partial charge in [0.15, 0.2) is 24.0 Å². The van der Waals surface area contributed by atoms with Gasteiger partial charge in [0, 0.05) is 17.7 Å². The predicted molar refractivity (Wildman–Crippen MR) is 154 cm³/mol. The molecule has 2 heterocycles. The number of hydrogen-bond acceptors (Lipinski definition) is 7. The van der Waals surface area contributed by atoms with Crippen LogP contribution in [-0.2, 0) is 14.3 Å². The number of hydrogen-bond donors (Lipinski definition) is 2. The number of carbonyl (C=O) groups excluding carboxylic acids is 1. The van der Waals surface area contributed by atoms with Crippen molar-refractivity contribution in [2.45, 2.75) is 71.6 Å². The van der Waals surface area contributed by atoms with Crippen LogP contribution in [0.1, 0.15) is 69.0 Å². The normalized spacial score (nSPS) is 13.9. The van der Waals surface area contributed by atoms with Gasteiger partial charge in [0.2, 0.25) is 0 Å². The molecule has 2 aromatic carbocycles. The fourth-order valence-electron chi connectivity index (χ4n) is 5.17. The molecule has 1 fully saturated rings. The quantitative estimate of drug-likeness (QED) is 0.104. The number of anilines is 1. The summed E-state index contributed by atoms with van der Waals surface area (Å²) in [4.78, 5) is 15.3. The van der Waals surface area contributed by atoms with E-state index in [0.29, 0.717) is 23.6 Å². The van der Waals surface area contributed by atoms with Crippen molar-refractivity contribution in [2.24, 2.45) is 5.92 Å². The topological polar surface area (TPSA) is 103 Å². The molecule has 9 heteroatoms. The molecule has 0 saturated heterocycles. The van der Waals surface area contributed by atoms with Crippen LogP contribution in [0, 0.1) is 19.8 Å². The van der Waals surface area contributed by atoms with Gasteiger partial charge < -0.3 is 24.5 Å². The molecular formula is C31H39N5O4. The summed E-state index contributed by atoms with van der Waals surface area (Å²) in [6.07, 6.45) is 10.5. The van der Waals surface area contributed by atoms with Crippen LogP contribution >= 0.6 is 0 Å². The fourth-order valence-corrected chi connectivity index (χ4v) is 5.17. The highest BCUT2D eigenvalue weighted by atomic mass is 16.7. The smallest absolute Gasteiger partial charge is 0.307 e. The Morgan fingerprint density at radius 3 is 2.55 bits per heavy atom. The second-order valence-electron chi connectivity index (χ2n) is 10.6. The van der Waals surface area contributed by atoms with Crippen molar-refractivity contribution < 1.29 is 19.0 Å². The first kappa shape index (κ1) is 27.7. The molecule has 0 bridgehead atoms. The van der Waals surface area contributed by atoms with Crippen LogP contribution in [-0.4, -0.2) is 39.3 Å². The van der Waals surface area contributed by atoms with Crippen LogP contribution in [0.2, 0.25) is 0 Å². The van der Waals surface area contributed by atoms with Crippen molar-refractivity contribution in [3.8, 4) is 22.9 Å². The molecule has 9 nitrogen and oxygen atoms in total. The number of H-pyrrole nitrogens is 1. The summed E-state index contributed by atoms with van der Waals surface area (Å²) in [7, 11) is 0. The van der Waals surface area contributed by atoms with Gasteiger partial charge in [0.1, 0.15) is 18.2 Å². The molecule has 1 aliphatic rings. The van der Waals surface area contributed by atoms with Crippen molar-refractivity contribution in [1.82, 2.24) is 19.8 Å². The number of nitrogens with one attached hydrogen (secondary N) is 2. The van der Waals surface area contributed by atoms with E-state index >= 15 is 0 Å². The van der Waals surface area contributed by atoms with Gasteiger partial charge in [-0.05, 0) is 62.6 Å². The van der Waals surface area contributed by atoms with Crippen LogP contribution in [0.3, 0.4) is 0 Å². The lowest BCUT2D eigenvalue weighted by molar-refractivity contribution is -0.155. The van der Waals surface area contributed by atoms with E-state index < -0.39 is 0 Å². The number of unbranched alkanes of at least 4 members (excludes halogenated alkanes) is 1. The fraction of sp³-hybridized carbons (Fsp3) is 0.452. The van der Waals surface area contributed by atoms with Crippen molar-refractivity contribution >= 4 is 17.3 Å². The summed E-state index contributed by atoms with van der Waals surface area (Å²) in [6, 6.07) is 15.7. The van der Waals surface area contributed by atoms with E-state index in [-0.39, 0.29) is 19.5 Å². The van der Waals surface area contributed by atoms with Crippen LogP contribution in [0.25, 0.3) is 17.0 Å². The minimum atomic E-state index is -0.194. The first-order valence-corrected chi connectivity index (χ1v) is 14.3. The Kier molecular flexibility index (Phi) is 9.34. The third kappa shape index (κ3) is 7.41. The zero-order chi connectivity index (χ0) is 27.7. The summed E-state index contributed by atoms with van der Waals surface area (Å²) in [5, 5.41) is 12.2. The lowest BCUT2D eigenvalue weighted by Crippen LogP contribution is -2.13. The minimum Gasteiger partial charge on any atom is -0.451 e.